The standard InChI is InChI=1S/C25H30FNO6/c1-30-21-14-13-20(23(31-2)24(21)32-3)25(29)33-16-22(28)27(19-7-5-4-6-8-19)15-17-9-11-18(26)12-10-17/h9-14,19H,4-8,15-16H2,1-3H3. The minimum absolute atomic E-state index is 0.0608. The number of esters is 1. The van der Waals surface area contributed by atoms with Crippen LogP contribution >= 0.6 is 0 Å². The zero-order valence-corrected chi connectivity index (χ0v) is 19.3. The molecule has 7 nitrogen and oxygen atoms in total. The van der Waals surface area contributed by atoms with E-state index < -0.39 is 12.6 Å². The molecular weight excluding hydrogens is 429 g/mol. The number of rotatable bonds is 9. The van der Waals surface area contributed by atoms with Gasteiger partial charge in [-0.25, -0.2) is 9.18 Å². The fraction of sp³-hybridized carbons (Fsp3) is 0.440. The lowest BCUT2D eigenvalue weighted by Gasteiger charge is -2.34. The minimum Gasteiger partial charge on any atom is -0.493 e. The molecule has 0 aliphatic heterocycles. The average Bonchev–Trinajstić information content (AvgIpc) is 2.86. The van der Waals surface area contributed by atoms with Crippen molar-refractivity contribution >= 4 is 11.9 Å². The number of hydrogen-bond donors (Lipinski definition) is 0. The topological polar surface area (TPSA) is 74.3 Å². The van der Waals surface area contributed by atoms with E-state index in [0.29, 0.717) is 12.3 Å². The molecule has 3 rings (SSSR count). The SMILES string of the molecule is COc1ccc(C(=O)OCC(=O)N(Cc2ccc(F)cc2)C2CCCCC2)c(OC)c1OC. The van der Waals surface area contributed by atoms with Gasteiger partial charge in [0.25, 0.3) is 5.91 Å². The summed E-state index contributed by atoms with van der Waals surface area (Å²) in [6.45, 7) is -0.0744. The third-order valence-electron chi connectivity index (χ3n) is 5.85. The van der Waals surface area contributed by atoms with Gasteiger partial charge >= 0.3 is 5.97 Å². The molecule has 178 valence electrons. The van der Waals surface area contributed by atoms with Crippen molar-refractivity contribution in [3.63, 3.8) is 0 Å². The molecule has 2 aromatic carbocycles. The normalized spacial score (nSPS) is 13.8. The quantitative estimate of drug-likeness (QED) is 0.519. The van der Waals surface area contributed by atoms with Crippen LogP contribution in [-0.4, -0.2) is 50.8 Å². The third kappa shape index (κ3) is 5.94. The lowest BCUT2D eigenvalue weighted by atomic mass is 9.93. The van der Waals surface area contributed by atoms with Gasteiger partial charge in [-0.1, -0.05) is 31.4 Å². The molecule has 8 heteroatoms. The second-order valence-electron chi connectivity index (χ2n) is 7.90. The molecular formula is C25H30FNO6. The van der Waals surface area contributed by atoms with Crippen molar-refractivity contribution in [1.29, 1.82) is 0 Å². The molecule has 0 aromatic heterocycles. The van der Waals surface area contributed by atoms with Gasteiger partial charge in [0.05, 0.1) is 21.3 Å². The summed E-state index contributed by atoms with van der Waals surface area (Å²) in [5, 5.41) is 0. The van der Waals surface area contributed by atoms with Gasteiger partial charge < -0.3 is 23.8 Å². The van der Waals surface area contributed by atoms with Gasteiger partial charge in [0.2, 0.25) is 5.75 Å². The van der Waals surface area contributed by atoms with Crippen LogP contribution in [0.5, 0.6) is 17.2 Å². The Kier molecular flexibility index (Phi) is 8.52. The van der Waals surface area contributed by atoms with Crippen molar-refractivity contribution < 1.29 is 32.9 Å². The van der Waals surface area contributed by atoms with Gasteiger partial charge in [-0.2, -0.15) is 0 Å². The Hall–Kier alpha value is -3.29. The Labute approximate surface area is 193 Å². The molecule has 0 N–H and O–H groups in total. The molecule has 1 aliphatic carbocycles. The Morgan fingerprint density at radius 3 is 2.18 bits per heavy atom. The van der Waals surface area contributed by atoms with Crippen molar-refractivity contribution in [2.75, 3.05) is 27.9 Å². The second-order valence-corrected chi connectivity index (χ2v) is 7.90. The van der Waals surface area contributed by atoms with Gasteiger partial charge in [-0.15, -0.1) is 0 Å². The smallest absolute Gasteiger partial charge is 0.342 e. The van der Waals surface area contributed by atoms with Crippen molar-refractivity contribution in [3.05, 3.63) is 53.3 Å². The summed E-state index contributed by atoms with van der Waals surface area (Å²) < 4.78 is 34.6. The Bertz CT molecular complexity index is 956. The molecule has 1 aliphatic rings. The number of ether oxygens (including phenoxy) is 4. The first-order chi connectivity index (χ1) is 16.0. The Morgan fingerprint density at radius 1 is 0.909 bits per heavy atom. The summed E-state index contributed by atoms with van der Waals surface area (Å²) in [4.78, 5) is 27.6. The fourth-order valence-electron chi connectivity index (χ4n) is 4.15. The highest BCUT2D eigenvalue weighted by atomic mass is 19.1. The number of hydrogen-bond acceptors (Lipinski definition) is 6. The van der Waals surface area contributed by atoms with Crippen LogP contribution in [0.25, 0.3) is 0 Å². The molecule has 0 bridgehead atoms. The highest BCUT2D eigenvalue weighted by Gasteiger charge is 2.28. The van der Waals surface area contributed by atoms with Crippen LogP contribution in [0, 0.1) is 5.82 Å². The zero-order chi connectivity index (χ0) is 23.8. The number of nitrogens with zero attached hydrogens (tertiary/aromatic N) is 1. The molecule has 0 saturated heterocycles. The summed E-state index contributed by atoms with van der Waals surface area (Å²) in [6.07, 6.45) is 5.01. The van der Waals surface area contributed by atoms with Gasteiger partial charge in [0.15, 0.2) is 18.1 Å². The van der Waals surface area contributed by atoms with Gasteiger partial charge in [-0.05, 0) is 42.7 Å². The van der Waals surface area contributed by atoms with Gasteiger partial charge in [-0.3, -0.25) is 4.79 Å². The number of amides is 1. The maximum absolute atomic E-state index is 13.3. The van der Waals surface area contributed by atoms with E-state index in [9.17, 15) is 14.0 Å². The van der Waals surface area contributed by atoms with Crippen LogP contribution in [-0.2, 0) is 16.1 Å². The molecule has 1 fully saturated rings. The summed E-state index contributed by atoms with van der Waals surface area (Å²) in [5.74, 6) is -0.479. The third-order valence-corrected chi connectivity index (χ3v) is 5.85. The first kappa shape index (κ1) is 24.4. The Balaban J connectivity index is 1.74. The van der Waals surface area contributed by atoms with Crippen LogP contribution in [0.4, 0.5) is 4.39 Å². The van der Waals surface area contributed by atoms with Gasteiger partial charge in [0, 0.05) is 12.6 Å². The lowest BCUT2D eigenvalue weighted by Crippen LogP contribution is -2.43. The number of benzene rings is 2. The van der Waals surface area contributed by atoms with E-state index >= 15 is 0 Å². The van der Waals surface area contributed by atoms with Crippen LogP contribution < -0.4 is 14.2 Å². The number of methoxy groups -OCH3 is 3. The van der Waals surface area contributed by atoms with E-state index in [1.165, 1.54) is 39.5 Å². The van der Waals surface area contributed by atoms with Crippen LogP contribution in [0.1, 0.15) is 48.0 Å². The minimum atomic E-state index is -0.702. The van der Waals surface area contributed by atoms with E-state index in [1.807, 2.05) is 0 Å². The van der Waals surface area contributed by atoms with Crippen LogP contribution in [0.3, 0.4) is 0 Å². The molecule has 1 amide bonds. The van der Waals surface area contributed by atoms with E-state index in [-0.39, 0.29) is 34.8 Å². The van der Waals surface area contributed by atoms with Crippen molar-refractivity contribution in [2.45, 2.75) is 44.7 Å². The summed E-state index contributed by atoms with van der Waals surface area (Å²) in [6, 6.07) is 9.22. The zero-order valence-electron chi connectivity index (χ0n) is 19.3. The molecule has 33 heavy (non-hydrogen) atoms. The molecule has 0 spiro atoms. The predicted octanol–water partition coefficient (Wildman–Crippen LogP) is 4.37. The number of carbonyl (C=O) groups is 2. The number of halogens is 1. The monoisotopic (exact) mass is 459 g/mol. The van der Waals surface area contributed by atoms with Crippen molar-refractivity contribution in [2.24, 2.45) is 0 Å². The maximum Gasteiger partial charge on any atom is 0.342 e. The van der Waals surface area contributed by atoms with Gasteiger partial charge in [0.1, 0.15) is 11.4 Å². The first-order valence-corrected chi connectivity index (χ1v) is 11.0. The molecule has 0 radical (unpaired) electrons. The summed E-state index contributed by atoms with van der Waals surface area (Å²) in [7, 11) is 4.33. The van der Waals surface area contributed by atoms with E-state index in [2.05, 4.69) is 0 Å². The van der Waals surface area contributed by atoms with Crippen molar-refractivity contribution in [3.8, 4) is 17.2 Å². The Morgan fingerprint density at radius 2 is 1.58 bits per heavy atom. The van der Waals surface area contributed by atoms with Crippen molar-refractivity contribution in [1.82, 2.24) is 4.90 Å². The van der Waals surface area contributed by atoms with E-state index in [4.69, 9.17) is 18.9 Å². The van der Waals surface area contributed by atoms with E-state index in [0.717, 1.165) is 37.7 Å². The average molecular weight is 460 g/mol. The summed E-state index contributed by atoms with van der Waals surface area (Å²) >= 11 is 0. The van der Waals surface area contributed by atoms with Crippen LogP contribution in [0.15, 0.2) is 36.4 Å². The molecule has 0 heterocycles. The highest BCUT2D eigenvalue weighted by molar-refractivity contribution is 5.95. The number of carbonyl (C=O) groups excluding carboxylic acids is 2. The highest BCUT2D eigenvalue weighted by Crippen LogP contribution is 2.40. The second kappa shape index (κ2) is 11.5. The molecule has 0 unspecified atom stereocenters. The maximum atomic E-state index is 13.3. The molecule has 1 saturated carbocycles. The largest absolute Gasteiger partial charge is 0.493 e. The first-order valence-electron chi connectivity index (χ1n) is 11.0. The molecule has 0 atom stereocenters. The lowest BCUT2D eigenvalue weighted by molar-refractivity contribution is -0.138. The predicted molar refractivity (Wildman–Crippen MR) is 120 cm³/mol. The fourth-order valence-corrected chi connectivity index (χ4v) is 4.15. The summed E-state index contributed by atoms with van der Waals surface area (Å²) in [5.41, 5.74) is 0.953. The molecule has 2 aromatic rings. The van der Waals surface area contributed by atoms with E-state index in [1.54, 1.807) is 23.1 Å². The van der Waals surface area contributed by atoms with Crippen LogP contribution in [0.2, 0.25) is 0 Å².